The largest absolute Gasteiger partial charge is 0.440 e. The van der Waals surface area contributed by atoms with Crippen molar-refractivity contribution in [3.05, 3.63) is 35.4 Å². The highest BCUT2D eigenvalue weighted by molar-refractivity contribution is 5.84. The zero-order valence-corrected chi connectivity index (χ0v) is 17.4. The normalized spacial score (nSPS) is 17.3. The van der Waals surface area contributed by atoms with Crippen LogP contribution in [0.5, 0.6) is 0 Å². The molecule has 0 spiro atoms. The van der Waals surface area contributed by atoms with Gasteiger partial charge in [0.1, 0.15) is 6.54 Å². The van der Waals surface area contributed by atoms with Gasteiger partial charge in [0.2, 0.25) is 5.91 Å². The Hall–Kier alpha value is -1.84. The Morgan fingerprint density at radius 2 is 1.78 bits per heavy atom. The molecule has 0 N–H and O–H groups in total. The van der Waals surface area contributed by atoms with E-state index in [0.717, 1.165) is 19.3 Å². The standard InChI is InChI=1S/C23H35NO3/c1-5-6-7-8-9-10-20(25)24-17-22(26)27-21(24)16-13-18-11-14-19(15-12-18)23(2,3)4/h11-12,14-15,21H,5-10,13,16-17H2,1-4H3. The highest BCUT2D eigenvalue weighted by Gasteiger charge is 2.34. The molecular weight excluding hydrogens is 338 g/mol. The summed E-state index contributed by atoms with van der Waals surface area (Å²) in [5.74, 6) is -0.243. The lowest BCUT2D eigenvalue weighted by Gasteiger charge is -2.22. The van der Waals surface area contributed by atoms with Crippen LogP contribution in [0.2, 0.25) is 0 Å². The number of aryl methyl sites for hydroxylation is 1. The van der Waals surface area contributed by atoms with Gasteiger partial charge >= 0.3 is 5.97 Å². The Bertz CT molecular complexity index is 616. The van der Waals surface area contributed by atoms with Gasteiger partial charge in [-0.25, -0.2) is 0 Å². The molecule has 1 aliphatic rings. The van der Waals surface area contributed by atoms with Crippen molar-refractivity contribution in [3.8, 4) is 0 Å². The number of ether oxygens (including phenoxy) is 1. The van der Waals surface area contributed by atoms with Gasteiger partial charge in [-0.3, -0.25) is 14.5 Å². The Labute approximate surface area is 164 Å². The first-order chi connectivity index (χ1) is 12.8. The second-order valence-corrected chi connectivity index (χ2v) is 8.62. The molecule has 0 saturated carbocycles. The highest BCUT2D eigenvalue weighted by atomic mass is 16.6. The van der Waals surface area contributed by atoms with Gasteiger partial charge in [0.05, 0.1) is 0 Å². The molecule has 150 valence electrons. The van der Waals surface area contributed by atoms with Crippen LogP contribution in [0, 0.1) is 0 Å². The molecule has 1 fully saturated rings. The zero-order valence-electron chi connectivity index (χ0n) is 17.4. The summed E-state index contributed by atoms with van der Waals surface area (Å²) in [5, 5.41) is 0. The molecule has 2 rings (SSSR count). The maximum absolute atomic E-state index is 12.5. The molecule has 4 heteroatoms. The monoisotopic (exact) mass is 373 g/mol. The Morgan fingerprint density at radius 3 is 2.41 bits per heavy atom. The van der Waals surface area contributed by atoms with Crippen LogP contribution in [-0.4, -0.2) is 29.5 Å². The number of amides is 1. The molecule has 1 atom stereocenters. The number of nitrogens with zero attached hydrogens (tertiary/aromatic N) is 1. The number of cyclic esters (lactones) is 1. The number of hydrogen-bond acceptors (Lipinski definition) is 3. The summed E-state index contributed by atoms with van der Waals surface area (Å²) < 4.78 is 5.41. The molecule has 1 saturated heterocycles. The van der Waals surface area contributed by atoms with Gasteiger partial charge in [-0.15, -0.1) is 0 Å². The molecular formula is C23H35NO3. The van der Waals surface area contributed by atoms with E-state index in [9.17, 15) is 9.59 Å². The molecule has 0 aliphatic carbocycles. The number of esters is 1. The van der Waals surface area contributed by atoms with Crippen LogP contribution in [0.3, 0.4) is 0 Å². The average Bonchev–Trinajstić information content (AvgIpc) is 3.00. The third kappa shape index (κ3) is 6.67. The van der Waals surface area contributed by atoms with Crippen molar-refractivity contribution in [2.24, 2.45) is 0 Å². The van der Waals surface area contributed by atoms with E-state index in [0.29, 0.717) is 12.8 Å². The molecule has 4 nitrogen and oxygen atoms in total. The second kappa shape index (κ2) is 9.91. The lowest BCUT2D eigenvalue weighted by Crippen LogP contribution is -2.36. The van der Waals surface area contributed by atoms with Crippen molar-refractivity contribution < 1.29 is 14.3 Å². The Morgan fingerprint density at radius 1 is 1.11 bits per heavy atom. The van der Waals surface area contributed by atoms with E-state index in [2.05, 4.69) is 52.0 Å². The van der Waals surface area contributed by atoms with E-state index in [-0.39, 0.29) is 23.8 Å². The molecule has 1 aromatic carbocycles. The van der Waals surface area contributed by atoms with Gasteiger partial charge in [-0.05, 0) is 29.4 Å². The number of hydrogen-bond donors (Lipinski definition) is 0. The molecule has 0 bridgehead atoms. The Balaban J connectivity index is 1.84. The van der Waals surface area contributed by atoms with E-state index in [4.69, 9.17) is 4.74 Å². The number of unbranched alkanes of at least 4 members (excludes halogenated alkanes) is 4. The molecule has 27 heavy (non-hydrogen) atoms. The summed E-state index contributed by atoms with van der Waals surface area (Å²) in [7, 11) is 0. The summed E-state index contributed by atoms with van der Waals surface area (Å²) >= 11 is 0. The summed E-state index contributed by atoms with van der Waals surface area (Å²) in [5.41, 5.74) is 2.65. The maximum Gasteiger partial charge on any atom is 0.327 e. The fourth-order valence-electron chi connectivity index (χ4n) is 3.44. The fraction of sp³-hybridized carbons (Fsp3) is 0.652. The number of benzene rings is 1. The smallest absolute Gasteiger partial charge is 0.327 e. The van der Waals surface area contributed by atoms with Crippen LogP contribution in [0.15, 0.2) is 24.3 Å². The van der Waals surface area contributed by atoms with E-state index in [1.54, 1.807) is 4.90 Å². The minimum absolute atomic E-state index is 0.0467. The van der Waals surface area contributed by atoms with Crippen LogP contribution >= 0.6 is 0 Å². The molecule has 1 heterocycles. The quantitative estimate of drug-likeness (QED) is 0.452. The minimum Gasteiger partial charge on any atom is -0.440 e. The highest BCUT2D eigenvalue weighted by Crippen LogP contribution is 2.24. The number of carbonyl (C=O) groups excluding carboxylic acids is 2. The van der Waals surface area contributed by atoms with Crippen molar-refractivity contribution in [3.63, 3.8) is 0 Å². The van der Waals surface area contributed by atoms with E-state index >= 15 is 0 Å². The molecule has 1 unspecified atom stereocenters. The predicted octanol–water partition coefficient (Wildman–Crippen LogP) is 4.99. The number of rotatable bonds is 9. The fourth-order valence-corrected chi connectivity index (χ4v) is 3.44. The first kappa shape index (κ1) is 21.5. The molecule has 1 aromatic rings. The van der Waals surface area contributed by atoms with Gasteiger partial charge < -0.3 is 4.74 Å². The maximum atomic E-state index is 12.5. The van der Waals surface area contributed by atoms with Crippen LogP contribution in [0.25, 0.3) is 0 Å². The van der Waals surface area contributed by atoms with Gasteiger partial charge in [0, 0.05) is 12.8 Å². The van der Waals surface area contributed by atoms with E-state index < -0.39 is 6.23 Å². The van der Waals surface area contributed by atoms with Gasteiger partial charge in [-0.2, -0.15) is 0 Å². The van der Waals surface area contributed by atoms with Crippen molar-refractivity contribution in [1.82, 2.24) is 4.90 Å². The summed E-state index contributed by atoms with van der Waals surface area (Å²) in [4.78, 5) is 25.9. The van der Waals surface area contributed by atoms with E-state index in [1.165, 1.54) is 30.4 Å². The van der Waals surface area contributed by atoms with Gasteiger partial charge in [-0.1, -0.05) is 77.6 Å². The predicted molar refractivity (Wildman–Crippen MR) is 108 cm³/mol. The zero-order chi connectivity index (χ0) is 19.9. The van der Waals surface area contributed by atoms with Crippen LogP contribution in [0.4, 0.5) is 0 Å². The SMILES string of the molecule is CCCCCCCC(=O)N1CC(=O)OC1CCc1ccc(C(C)(C)C)cc1. The van der Waals surface area contributed by atoms with Crippen molar-refractivity contribution in [2.75, 3.05) is 6.54 Å². The van der Waals surface area contributed by atoms with Gasteiger partial charge in [0.15, 0.2) is 6.23 Å². The third-order valence-electron chi connectivity index (χ3n) is 5.23. The topological polar surface area (TPSA) is 46.6 Å². The van der Waals surface area contributed by atoms with Crippen molar-refractivity contribution >= 4 is 11.9 Å². The van der Waals surface area contributed by atoms with Crippen LogP contribution in [0.1, 0.15) is 83.8 Å². The lowest BCUT2D eigenvalue weighted by atomic mass is 9.86. The second-order valence-electron chi connectivity index (χ2n) is 8.62. The van der Waals surface area contributed by atoms with Gasteiger partial charge in [0.25, 0.3) is 0 Å². The van der Waals surface area contributed by atoms with E-state index in [1.807, 2.05) is 0 Å². The lowest BCUT2D eigenvalue weighted by molar-refractivity contribution is -0.143. The summed E-state index contributed by atoms with van der Waals surface area (Å²) in [6.45, 7) is 8.88. The molecule has 0 radical (unpaired) electrons. The third-order valence-corrected chi connectivity index (χ3v) is 5.23. The first-order valence-electron chi connectivity index (χ1n) is 10.4. The van der Waals surface area contributed by atoms with Crippen molar-refractivity contribution in [2.45, 2.75) is 90.7 Å². The molecule has 0 aromatic heterocycles. The Kier molecular flexibility index (Phi) is 7.88. The molecule has 1 amide bonds. The summed E-state index contributed by atoms with van der Waals surface area (Å²) in [6.07, 6.45) is 7.10. The number of carbonyl (C=O) groups is 2. The molecule has 1 aliphatic heterocycles. The van der Waals surface area contributed by atoms with Crippen molar-refractivity contribution in [1.29, 1.82) is 0 Å². The summed E-state index contributed by atoms with van der Waals surface area (Å²) in [6, 6.07) is 8.60. The van der Waals surface area contributed by atoms with Crippen LogP contribution in [-0.2, 0) is 26.2 Å². The first-order valence-corrected chi connectivity index (χ1v) is 10.4. The minimum atomic E-state index is -0.414. The van der Waals surface area contributed by atoms with Crippen LogP contribution < -0.4 is 0 Å². The average molecular weight is 374 g/mol.